The van der Waals surface area contributed by atoms with Gasteiger partial charge in [-0.05, 0) is 44.2 Å². The van der Waals surface area contributed by atoms with Crippen molar-refractivity contribution in [1.29, 1.82) is 0 Å². The third kappa shape index (κ3) is 9.11. The molecule has 154 valence electrons. The summed E-state index contributed by atoms with van der Waals surface area (Å²) in [5.74, 6) is 1.55. The SMILES string of the molecule is CN=C(NCCNS(C)(=O)=O)NCc1ccc(C)cc1OC1CCCC1.I. The molecular formula is C18H31IN4O3S. The van der Waals surface area contributed by atoms with Gasteiger partial charge in [0.25, 0.3) is 0 Å². The van der Waals surface area contributed by atoms with E-state index in [1.54, 1.807) is 7.05 Å². The number of nitrogens with zero attached hydrogens (tertiary/aromatic N) is 1. The number of hydrogen-bond donors (Lipinski definition) is 3. The summed E-state index contributed by atoms with van der Waals surface area (Å²) in [4.78, 5) is 4.16. The Bertz CT molecular complexity index is 719. The molecule has 1 aliphatic rings. The minimum absolute atomic E-state index is 0. The summed E-state index contributed by atoms with van der Waals surface area (Å²) in [5.41, 5.74) is 2.26. The fraction of sp³-hybridized carbons (Fsp3) is 0.611. The highest BCUT2D eigenvalue weighted by Crippen LogP contribution is 2.27. The van der Waals surface area contributed by atoms with Crippen molar-refractivity contribution in [1.82, 2.24) is 15.4 Å². The maximum atomic E-state index is 11.1. The molecule has 0 amide bonds. The minimum atomic E-state index is -3.17. The van der Waals surface area contributed by atoms with Gasteiger partial charge in [-0.1, -0.05) is 12.1 Å². The van der Waals surface area contributed by atoms with Gasteiger partial charge in [0.15, 0.2) is 5.96 Å². The van der Waals surface area contributed by atoms with E-state index < -0.39 is 10.0 Å². The Morgan fingerprint density at radius 3 is 2.56 bits per heavy atom. The molecule has 0 saturated heterocycles. The Morgan fingerprint density at radius 1 is 1.22 bits per heavy atom. The molecule has 1 aromatic carbocycles. The predicted octanol–water partition coefficient (Wildman–Crippen LogP) is 2.15. The van der Waals surface area contributed by atoms with Crippen LogP contribution in [0.1, 0.15) is 36.8 Å². The quantitative estimate of drug-likeness (QED) is 0.216. The number of nitrogens with one attached hydrogen (secondary N) is 3. The lowest BCUT2D eigenvalue weighted by Gasteiger charge is -2.18. The van der Waals surface area contributed by atoms with Crippen LogP contribution in [0.2, 0.25) is 0 Å². The van der Waals surface area contributed by atoms with E-state index in [0.717, 1.165) is 30.4 Å². The molecule has 1 fully saturated rings. The van der Waals surface area contributed by atoms with E-state index in [1.165, 1.54) is 18.4 Å². The van der Waals surface area contributed by atoms with Crippen molar-refractivity contribution in [2.24, 2.45) is 4.99 Å². The summed E-state index contributed by atoms with van der Waals surface area (Å²) in [6.45, 7) is 3.40. The van der Waals surface area contributed by atoms with Crippen LogP contribution in [-0.4, -0.2) is 46.9 Å². The first kappa shape index (κ1) is 24.0. The fourth-order valence-corrected chi connectivity index (χ4v) is 3.39. The molecule has 0 heterocycles. The summed E-state index contributed by atoms with van der Waals surface area (Å²) < 4.78 is 30.8. The molecule has 1 aromatic rings. The lowest BCUT2D eigenvalue weighted by molar-refractivity contribution is 0.207. The van der Waals surface area contributed by atoms with Gasteiger partial charge in [0.2, 0.25) is 10.0 Å². The zero-order valence-electron chi connectivity index (χ0n) is 16.2. The number of rotatable bonds is 8. The Kier molecular flexibility index (Phi) is 10.4. The molecule has 3 N–H and O–H groups in total. The highest BCUT2D eigenvalue weighted by molar-refractivity contribution is 14.0. The fourth-order valence-electron chi connectivity index (χ4n) is 2.92. The van der Waals surface area contributed by atoms with E-state index in [-0.39, 0.29) is 24.0 Å². The van der Waals surface area contributed by atoms with E-state index in [0.29, 0.717) is 31.7 Å². The number of aryl methyl sites for hydroxylation is 1. The topological polar surface area (TPSA) is 91.8 Å². The van der Waals surface area contributed by atoms with Crippen molar-refractivity contribution in [3.8, 4) is 5.75 Å². The number of aliphatic imine (C=N–C) groups is 1. The van der Waals surface area contributed by atoms with Gasteiger partial charge in [-0.15, -0.1) is 24.0 Å². The molecule has 0 aromatic heterocycles. The van der Waals surface area contributed by atoms with Crippen LogP contribution in [0, 0.1) is 6.92 Å². The van der Waals surface area contributed by atoms with Gasteiger partial charge in [0.1, 0.15) is 5.75 Å². The summed E-state index contributed by atoms with van der Waals surface area (Å²) in [6.07, 6.45) is 6.18. The lowest BCUT2D eigenvalue weighted by atomic mass is 10.1. The number of benzene rings is 1. The van der Waals surface area contributed by atoms with Crippen LogP contribution >= 0.6 is 24.0 Å². The number of hydrogen-bond acceptors (Lipinski definition) is 4. The standard InChI is InChI=1S/C18H30N4O3S.HI/c1-14-8-9-15(17(12-14)25-16-6-4-5-7-16)13-21-18(19-2)20-10-11-22-26(3,23)24;/h8-9,12,16,22H,4-7,10-11,13H2,1-3H3,(H2,19,20,21);1H. The Labute approximate surface area is 179 Å². The van der Waals surface area contributed by atoms with Crippen molar-refractivity contribution in [3.05, 3.63) is 29.3 Å². The molecular weight excluding hydrogens is 479 g/mol. The van der Waals surface area contributed by atoms with Crippen molar-refractivity contribution < 1.29 is 13.2 Å². The second-order valence-electron chi connectivity index (χ2n) is 6.65. The van der Waals surface area contributed by atoms with Gasteiger partial charge in [0, 0.05) is 32.2 Å². The Balaban J connectivity index is 0.00000364. The van der Waals surface area contributed by atoms with Crippen LogP contribution in [0.25, 0.3) is 0 Å². The summed E-state index contributed by atoms with van der Waals surface area (Å²) in [5, 5.41) is 6.34. The van der Waals surface area contributed by atoms with E-state index in [9.17, 15) is 8.42 Å². The highest BCUT2D eigenvalue weighted by Gasteiger charge is 2.18. The normalized spacial score (nSPS) is 15.3. The molecule has 1 saturated carbocycles. The first-order chi connectivity index (χ1) is 12.4. The second kappa shape index (κ2) is 11.7. The second-order valence-corrected chi connectivity index (χ2v) is 8.49. The van der Waals surface area contributed by atoms with Crippen molar-refractivity contribution in [2.75, 3.05) is 26.4 Å². The molecule has 7 nitrogen and oxygen atoms in total. The summed E-state index contributed by atoms with van der Waals surface area (Å²) in [6, 6.07) is 6.23. The zero-order chi connectivity index (χ0) is 19.0. The van der Waals surface area contributed by atoms with Gasteiger partial charge in [0.05, 0.1) is 12.4 Å². The Morgan fingerprint density at radius 2 is 1.93 bits per heavy atom. The molecule has 0 atom stereocenters. The van der Waals surface area contributed by atoms with Crippen LogP contribution in [0.3, 0.4) is 0 Å². The number of ether oxygens (including phenoxy) is 1. The maximum Gasteiger partial charge on any atom is 0.208 e. The summed E-state index contributed by atoms with van der Waals surface area (Å²) in [7, 11) is -1.49. The van der Waals surface area contributed by atoms with Crippen LogP contribution in [0.15, 0.2) is 23.2 Å². The molecule has 27 heavy (non-hydrogen) atoms. The molecule has 0 unspecified atom stereocenters. The molecule has 2 rings (SSSR count). The van der Waals surface area contributed by atoms with Crippen LogP contribution in [-0.2, 0) is 16.6 Å². The molecule has 0 bridgehead atoms. The molecule has 0 aliphatic heterocycles. The van der Waals surface area contributed by atoms with Crippen molar-refractivity contribution >= 4 is 40.0 Å². The lowest BCUT2D eigenvalue weighted by Crippen LogP contribution is -2.41. The van der Waals surface area contributed by atoms with Crippen LogP contribution in [0.4, 0.5) is 0 Å². The maximum absolute atomic E-state index is 11.1. The first-order valence-electron chi connectivity index (χ1n) is 9.03. The smallest absolute Gasteiger partial charge is 0.208 e. The van der Waals surface area contributed by atoms with E-state index in [2.05, 4.69) is 45.5 Å². The number of sulfonamides is 1. The number of halogens is 1. The monoisotopic (exact) mass is 510 g/mol. The van der Waals surface area contributed by atoms with Gasteiger partial charge in [-0.3, -0.25) is 4.99 Å². The predicted molar refractivity (Wildman–Crippen MR) is 121 cm³/mol. The number of guanidine groups is 1. The van der Waals surface area contributed by atoms with Crippen LogP contribution < -0.4 is 20.1 Å². The zero-order valence-corrected chi connectivity index (χ0v) is 19.4. The van der Waals surface area contributed by atoms with Crippen molar-refractivity contribution in [3.63, 3.8) is 0 Å². The third-order valence-electron chi connectivity index (χ3n) is 4.27. The average molecular weight is 510 g/mol. The average Bonchev–Trinajstić information content (AvgIpc) is 3.08. The highest BCUT2D eigenvalue weighted by atomic mass is 127. The Hall–Kier alpha value is -1.07. The first-order valence-corrected chi connectivity index (χ1v) is 10.9. The largest absolute Gasteiger partial charge is 0.490 e. The van der Waals surface area contributed by atoms with Gasteiger partial charge in [-0.2, -0.15) is 0 Å². The molecule has 0 spiro atoms. The van der Waals surface area contributed by atoms with Gasteiger partial charge >= 0.3 is 0 Å². The third-order valence-corrected chi connectivity index (χ3v) is 5.00. The van der Waals surface area contributed by atoms with Gasteiger partial charge in [-0.25, -0.2) is 13.1 Å². The summed E-state index contributed by atoms with van der Waals surface area (Å²) >= 11 is 0. The molecule has 0 radical (unpaired) electrons. The minimum Gasteiger partial charge on any atom is -0.490 e. The molecule has 1 aliphatic carbocycles. The van der Waals surface area contributed by atoms with E-state index in [4.69, 9.17) is 4.74 Å². The van der Waals surface area contributed by atoms with E-state index in [1.807, 2.05) is 0 Å². The van der Waals surface area contributed by atoms with Crippen molar-refractivity contribution in [2.45, 2.75) is 45.3 Å². The molecule has 9 heteroatoms. The van der Waals surface area contributed by atoms with Crippen LogP contribution in [0.5, 0.6) is 5.75 Å². The van der Waals surface area contributed by atoms with E-state index >= 15 is 0 Å². The van der Waals surface area contributed by atoms with Gasteiger partial charge < -0.3 is 15.4 Å².